The van der Waals surface area contributed by atoms with Gasteiger partial charge in [-0.15, -0.1) is 0 Å². The van der Waals surface area contributed by atoms with Gasteiger partial charge < -0.3 is 14.8 Å². The van der Waals surface area contributed by atoms with Crippen LogP contribution in [0.4, 0.5) is 4.79 Å². The molecule has 0 heterocycles. The van der Waals surface area contributed by atoms with Gasteiger partial charge in [-0.05, 0) is 48.6 Å². The predicted molar refractivity (Wildman–Crippen MR) is 138 cm³/mol. The number of rotatable bonds is 8. The fourth-order valence-corrected chi connectivity index (χ4v) is 4.50. The standard InChI is InChI=1S/C30H31NO5/c1-30(2,3)36-28(33)18-26(27(32)17-20-11-5-4-6-12-20)31-29(34)35-19-25-23-15-9-7-13-21(23)22-14-8-10-16-24(22)25/h4-16,25-26H,17-19H2,1-3H3,(H,31,34)/t26-/m0/s1. The molecule has 0 spiro atoms. The summed E-state index contributed by atoms with van der Waals surface area (Å²) in [6, 6.07) is 24.3. The normalized spacial score (nSPS) is 13.3. The van der Waals surface area contributed by atoms with Gasteiger partial charge >= 0.3 is 12.1 Å². The van der Waals surface area contributed by atoms with Crippen LogP contribution in [0.5, 0.6) is 0 Å². The van der Waals surface area contributed by atoms with E-state index in [4.69, 9.17) is 9.47 Å². The predicted octanol–water partition coefficient (Wildman–Crippen LogP) is 5.44. The smallest absolute Gasteiger partial charge is 0.407 e. The van der Waals surface area contributed by atoms with Crippen LogP contribution in [-0.4, -0.2) is 36.1 Å². The van der Waals surface area contributed by atoms with Gasteiger partial charge in [-0.3, -0.25) is 9.59 Å². The topological polar surface area (TPSA) is 81.7 Å². The number of carbonyl (C=O) groups excluding carboxylic acids is 3. The van der Waals surface area contributed by atoms with E-state index >= 15 is 0 Å². The summed E-state index contributed by atoms with van der Waals surface area (Å²) in [5.74, 6) is -0.957. The molecule has 1 N–H and O–H groups in total. The monoisotopic (exact) mass is 485 g/mol. The molecule has 4 rings (SSSR count). The average molecular weight is 486 g/mol. The van der Waals surface area contributed by atoms with E-state index in [0.717, 1.165) is 27.8 Å². The average Bonchev–Trinajstić information content (AvgIpc) is 3.15. The molecule has 1 amide bonds. The van der Waals surface area contributed by atoms with Crippen LogP contribution >= 0.6 is 0 Å². The van der Waals surface area contributed by atoms with E-state index in [2.05, 4.69) is 17.4 Å². The highest BCUT2D eigenvalue weighted by Gasteiger charge is 2.31. The Morgan fingerprint density at radius 3 is 1.97 bits per heavy atom. The lowest BCUT2D eigenvalue weighted by Gasteiger charge is -2.23. The lowest BCUT2D eigenvalue weighted by molar-refractivity contribution is -0.156. The lowest BCUT2D eigenvalue weighted by Crippen LogP contribution is -2.44. The Labute approximate surface area is 211 Å². The number of ether oxygens (including phenoxy) is 2. The highest BCUT2D eigenvalue weighted by Crippen LogP contribution is 2.44. The minimum atomic E-state index is -1.06. The van der Waals surface area contributed by atoms with Crippen molar-refractivity contribution < 1.29 is 23.9 Å². The number of Topliss-reactive ketones (excluding diaryl/α,β-unsaturated/α-hetero) is 1. The molecule has 0 aromatic heterocycles. The first-order valence-corrected chi connectivity index (χ1v) is 12.1. The Kier molecular flexibility index (Phi) is 7.53. The Hall–Kier alpha value is -3.93. The van der Waals surface area contributed by atoms with Crippen LogP contribution in [-0.2, 0) is 25.5 Å². The second-order valence-corrected chi connectivity index (χ2v) is 9.94. The van der Waals surface area contributed by atoms with Gasteiger partial charge in [-0.2, -0.15) is 0 Å². The van der Waals surface area contributed by atoms with Crippen molar-refractivity contribution in [1.82, 2.24) is 5.32 Å². The Balaban J connectivity index is 1.44. The third-order valence-electron chi connectivity index (χ3n) is 6.04. The molecule has 0 unspecified atom stereocenters. The summed E-state index contributed by atoms with van der Waals surface area (Å²) in [5, 5.41) is 2.61. The number of esters is 1. The zero-order valence-electron chi connectivity index (χ0n) is 20.8. The fraction of sp³-hybridized carbons (Fsp3) is 0.300. The molecule has 0 radical (unpaired) electrons. The van der Waals surface area contributed by atoms with E-state index in [1.807, 2.05) is 66.7 Å². The Morgan fingerprint density at radius 1 is 0.833 bits per heavy atom. The highest BCUT2D eigenvalue weighted by atomic mass is 16.6. The Morgan fingerprint density at radius 2 is 1.39 bits per heavy atom. The van der Waals surface area contributed by atoms with Crippen molar-refractivity contribution in [3.63, 3.8) is 0 Å². The summed E-state index contributed by atoms with van der Waals surface area (Å²) in [7, 11) is 0. The quantitative estimate of drug-likeness (QED) is 0.430. The summed E-state index contributed by atoms with van der Waals surface area (Å²) in [6.45, 7) is 5.38. The zero-order chi connectivity index (χ0) is 25.7. The van der Waals surface area contributed by atoms with Crippen LogP contribution in [0.15, 0.2) is 78.9 Å². The number of fused-ring (bicyclic) bond motifs is 3. The van der Waals surface area contributed by atoms with Crippen LogP contribution in [0.3, 0.4) is 0 Å². The van der Waals surface area contributed by atoms with Gasteiger partial charge in [-0.1, -0.05) is 78.9 Å². The molecule has 0 saturated carbocycles. The van der Waals surface area contributed by atoms with Crippen LogP contribution < -0.4 is 5.32 Å². The SMILES string of the molecule is CC(C)(C)OC(=O)C[C@H](NC(=O)OCC1c2ccccc2-c2ccccc21)C(=O)Cc1ccccc1. The second-order valence-electron chi connectivity index (χ2n) is 9.94. The zero-order valence-corrected chi connectivity index (χ0v) is 20.8. The molecular formula is C30H31NO5. The number of hydrogen-bond acceptors (Lipinski definition) is 5. The number of hydrogen-bond donors (Lipinski definition) is 1. The molecule has 3 aromatic rings. The molecule has 0 aliphatic heterocycles. The van der Waals surface area contributed by atoms with E-state index in [1.54, 1.807) is 20.8 Å². The number of benzene rings is 3. The fourth-order valence-electron chi connectivity index (χ4n) is 4.50. The van der Waals surface area contributed by atoms with Gasteiger partial charge in [0.15, 0.2) is 5.78 Å². The second kappa shape index (κ2) is 10.8. The molecule has 36 heavy (non-hydrogen) atoms. The Bertz CT molecular complexity index is 1200. The van der Waals surface area contributed by atoms with Gasteiger partial charge in [-0.25, -0.2) is 4.79 Å². The van der Waals surface area contributed by atoms with Crippen molar-refractivity contribution in [2.24, 2.45) is 0 Å². The largest absolute Gasteiger partial charge is 0.460 e. The molecule has 3 aromatic carbocycles. The van der Waals surface area contributed by atoms with Gasteiger partial charge in [0.05, 0.1) is 6.42 Å². The van der Waals surface area contributed by atoms with Crippen LogP contribution in [0.1, 0.15) is 49.8 Å². The van der Waals surface area contributed by atoms with Crippen molar-refractivity contribution in [3.05, 3.63) is 95.6 Å². The van der Waals surface area contributed by atoms with E-state index < -0.39 is 23.7 Å². The summed E-state index contributed by atoms with van der Waals surface area (Å²) in [4.78, 5) is 38.4. The first kappa shape index (κ1) is 25.2. The molecule has 186 valence electrons. The maximum atomic E-state index is 13.1. The number of amides is 1. The van der Waals surface area contributed by atoms with Crippen molar-refractivity contribution in [1.29, 1.82) is 0 Å². The molecule has 6 nitrogen and oxygen atoms in total. The third-order valence-corrected chi connectivity index (χ3v) is 6.04. The maximum absolute atomic E-state index is 13.1. The van der Waals surface area contributed by atoms with E-state index in [0.29, 0.717) is 0 Å². The highest BCUT2D eigenvalue weighted by molar-refractivity contribution is 5.92. The van der Waals surface area contributed by atoms with Crippen LogP contribution in [0.25, 0.3) is 11.1 Å². The van der Waals surface area contributed by atoms with Gasteiger partial charge in [0, 0.05) is 12.3 Å². The van der Waals surface area contributed by atoms with Gasteiger partial charge in [0.1, 0.15) is 18.2 Å². The first-order chi connectivity index (χ1) is 17.2. The summed E-state index contributed by atoms with van der Waals surface area (Å²) in [6.07, 6.45) is -0.933. The van der Waals surface area contributed by atoms with Crippen LogP contribution in [0, 0.1) is 0 Å². The summed E-state index contributed by atoms with van der Waals surface area (Å²) >= 11 is 0. The molecule has 0 bridgehead atoms. The van der Waals surface area contributed by atoms with Crippen molar-refractivity contribution >= 4 is 17.8 Å². The maximum Gasteiger partial charge on any atom is 0.407 e. The molecule has 6 heteroatoms. The number of carbonyl (C=O) groups is 3. The number of ketones is 1. The van der Waals surface area contributed by atoms with E-state index in [9.17, 15) is 14.4 Å². The minimum absolute atomic E-state index is 0.0813. The molecular weight excluding hydrogens is 454 g/mol. The molecule has 1 aliphatic carbocycles. The van der Waals surface area contributed by atoms with Crippen LogP contribution in [0.2, 0.25) is 0 Å². The molecule has 0 saturated heterocycles. The van der Waals surface area contributed by atoms with E-state index in [1.165, 1.54) is 0 Å². The minimum Gasteiger partial charge on any atom is -0.460 e. The van der Waals surface area contributed by atoms with Gasteiger partial charge in [0.25, 0.3) is 0 Å². The number of nitrogens with one attached hydrogen (secondary N) is 1. The molecule has 1 atom stereocenters. The van der Waals surface area contributed by atoms with Crippen molar-refractivity contribution in [2.75, 3.05) is 6.61 Å². The van der Waals surface area contributed by atoms with Gasteiger partial charge in [0.2, 0.25) is 0 Å². The first-order valence-electron chi connectivity index (χ1n) is 12.1. The summed E-state index contributed by atoms with van der Waals surface area (Å²) in [5.41, 5.74) is 4.54. The number of alkyl carbamates (subject to hydrolysis) is 1. The van der Waals surface area contributed by atoms with Crippen molar-refractivity contribution in [3.8, 4) is 11.1 Å². The third kappa shape index (κ3) is 6.19. The summed E-state index contributed by atoms with van der Waals surface area (Å²) < 4.78 is 11.0. The van der Waals surface area contributed by atoms with E-state index in [-0.39, 0.29) is 31.1 Å². The lowest BCUT2D eigenvalue weighted by atomic mass is 9.98. The molecule has 1 aliphatic rings. The van der Waals surface area contributed by atoms with Crippen molar-refractivity contribution in [2.45, 2.75) is 51.2 Å². The molecule has 0 fully saturated rings.